The van der Waals surface area contributed by atoms with Crippen LogP contribution in [0.1, 0.15) is 24.2 Å². The van der Waals surface area contributed by atoms with Crippen LogP contribution in [0.5, 0.6) is 5.75 Å². The number of anilines is 1. The third-order valence-electron chi connectivity index (χ3n) is 5.31. The fraction of sp³-hybridized carbons (Fsp3) is 0.421. The molecule has 4 rings (SSSR count). The Balaban J connectivity index is 1.80. The molecule has 3 aliphatic rings. The molecule has 7 nitrogen and oxygen atoms in total. The summed E-state index contributed by atoms with van der Waals surface area (Å²) in [4.78, 5) is 39.0. The molecular weight excluding hydrogens is 338 g/mol. The summed E-state index contributed by atoms with van der Waals surface area (Å²) >= 11 is 0. The van der Waals surface area contributed by atoms with E-state index in [1.165, 1.54) is 13.0 Å². The van der Waals surface area contributed by atoms with Crippen LogP contribution in [0.15, 0.2) is 30.4 Å². The summed E-state index contributed by atoms with van der Waals surface area (Å²) < 4.78 is 11.3. The monoisotopic (exact) mass is 357 g/mol. The lowest BCUT2D eigenvalue weighted by molar-refractivity contribution is -0.128. The van der Waals surface area contributed by atoms with Crippen LogP contribution >= 0.6 is 0 Å². The van der Waals surface area contributed by atoms with Gasteiger partial charge < -0.3 is 14.6 Å². The fourth-order valence-electron chi connectivity index (χ4n) is 4.11. The second-order valence-electron chi connectivity index (χ2n) is 6.74. The Morgan fingerprint density at radius 3 is 2.77 bits per heavy atom. The van der Waals surface area contributed by atoms with Crippen LogP contribution in [-0.4, -0.2) is 47.6 Å². The minimum Gasteiger partial charge on any atom is -0.492 e. The number of fused-ring (bicyclic) bond motifs is 5. The summed E-state index contributed by atoms with van der Waals surface area (Å²) in [6.07, 6.45) is 2.87. The van der Waals surface area contributed by atoms with Crippen molar-refractivity contribution in [2.24, 2.45) is 11.8 Å². The highest BCUT2D eigenvalue weighted by atomic mass is 16.5. The van der Waals surface area contributed by atoms with Gasteiger partial charge in [0.05, 0.1) is 36.8 Å². The van der Waals surface area contributed by atoms with E-state index in [9.17, 15) is 19.5 Å². The number of aliphatic hydroxyl groups excluding tert-OH is 1. The van der Waals surface area contributed by atoms with E-state index >= 15 is 0 Å². The van der Waals surface area contributed by atoms with E-state index in [0.717, 1.165) is 4.90 Å². The molecule has 0 unspecified atom stereocenters. The van der Waals surface area contributed by atoms with Crippen LogP contribution in [0.4, 0.5) is 5.69 Å². The first-order valence-electron chi connectivity index (χ1n) is 8.57. The first-order chi connectivity index (χ1) is 12.4. The van der Waals surface area contributed by atoms with Crippen LogP contribution in [-0.2, 0) is 14.3 Å². The first-order valence-corrected chi connectivity index (χ1v) is 8.57. The molecule has 1 aromatic carbocycles. The van der Waals surface area contributed by atoms with E-state index in [-0.39, 0.29) is 18.1 Å². The molecule has 2 bridgehead atoms. The summed E-state index contributed by atoms with van der Waals surface area (Å²) in [6.45, 7) is 3.19. The number of nitrogens with zero attached hydrogens (tertiary/aromatic N) is 1. The Labute approximate surface area is 150 Å². The van der Waals surface area contributed by atoms with Gasteiger partial charge in [0.1, 0.15) is 11.4 Å². The maximum absolute atomic E-state index is 13.1. The average molecular weight is 357 g/mol. The minimum absolute atomic E-state index is 0.175. The predicted octanol–water partition coefficient (Wildman–Crippen LogP) is 1.09. The van der Waals surface area contributed by atoms with Crippen molar-refractivity contribution in [3.63, 3.8) is 0 Å². The number of carbonyl (C=O) groups is 3. The first kappa shape index (κ1) is 16.9. The van der Waals surface area contributed by atoms with E-state index in [1.54, 1.807) is 31.2 Å². The normalized spacial score (nSPS) is 31.7. The summed E-state index contributed by atoms with van der Waals surface area (Å²) in [6, 6.07) is 4.70. The lowest BCUT2D eigenvalue weighted by Crippen LogP contribution is -2.43. The largest absolute Gasteiger partial charge is 0.492 e. The molecule has 0 spiro atoms. The molecule has 1 N–H and O–H groups in total. The number of rotatable bonds is 5. The predicted molar refractivity (Wildman–Crippen MR) is 90.9 cm³/mol. The van der Waals surface area contributed by atoms with Crippen molar-refractivity contribution in [1.82, 2.24) is 0 Å². The summed E-state index contributed by atoms with van der Waals surface area (Å²) in [5, 5.41) is 9.78. The quantitative estimate of drug-likeness (QED) is 0.482. The lowest BCUT2D eigenvalue weighted by atomic mass is 9.77. The molecule has 3 aliphatic heterocycles. The maximum atomic E-state index is 13.1. The Morgan fingerprint density at radius 2 is 2.12 bits per heavy atom. The molecule has 0 radical (unpaired) electrons. The van der Waals surface area contributed by atoms with Gasteiger partial charge in [-0.3, -0.25) is 14.4 Å². The van der Waals surface area contributed by atoms with Crippen LogP contribution in [0, 0.1) is 11.8 Å². The van der Waals surface area contributed by atoms with Crippen molar-refractivity contribution in [2.75, 3.05) is 18.1 Å². The molecule has 0 aliphatic carbocycles. The van der Waals surface area contributed by atoms with Gasteiger partial charge >= 0.3 is 0 Å². The molecule has 136 valence electrons. The standard InChI is InChI=1S/C19H19NO6/c1-3-25-13-5-4-11(10(2)22)8-12(13)20-17(23)15-14-6-7-19(9-21,26-14)16(15)18(20)24/h4-8,14-16,21H,3,9H2,1-2H3/t14-,15+,16-,19+/m0/s1. The number of hydrogen-bond acceptors (Lipinski definition) is 6. The van der Waals surface area contributed by atoms with Gasteiger partial charge in [0.15, 0.2) is 5.78 Å². The number of carbonyl (C=O) groups excluding carboxylic acids is 3. The maximum Gasteiger partial charge on any atom is 0.241 e. The second-order valence-corrected chi connectivity index (χ2v) is 6.74. The highest BCUT2D eigenvalue weighted by Crippen LogP contribution is 2.53. The van der Waals surface area contributed by atoms with Crippen molar-refractivity contribution in [2.45, 2.75) is 25.6 Å². The number of ether oxygens (including phenoxy) is 2. The molecule has 3 heterocycles. The highest BCUT2D eigenvalue weighted by molar-refractivity contribution is 6.24. The molecule has 2 fully saturated rings. The Hall–Kier alpha value is -2.51. The van der Waals surface area contributed by atoms with Gasteiger partial charge in [0, 0.05) is 5.56 Å². The number of ketones is 1. The molecular formula is C19H19NO6. The zero-order valence-corrected chi connectivity index (χ0v) is 14.5. The number of hydrogen-bond donors (Lipinski definition) is 1. The second kappa shape index (κ2) is 5.75. The molecule has 1 aromatic rings. The smallest absolute Gasteiger partial charge is 0.241 e. The van der Waals surface area contributed by atoms with Crippen LogP contribution in [0.25, 0.3) is 0 Å². The lowest BCUT2D eigenvalue weighted by Gasteiger charge is -2.27. The SMILES string of the molecule is CCOc1ccc(C(C)=O)cc1N1C(=O)[C@@H]2[C@@H]3C=C[C@](CO)(O3)[C@@H]2C1=O. The zero-order valence-electron chi connectivity index (χ0n) is 14.5. The molecule has 0 aromatic heterocycles. The van der Waals surface area contributed by atoms with Crippen molar-refractivity contribution in [3.8, 4) is 5.75 Å². The van der Waals surface area contributed by atoms with Crippen molar-refractivity contribution < 1.29 is 29.0 Å². The topological polar surface area (TPSA) is 93.1 Å². The third kappa shape index (κ3) is 2.10. The minimum atomic E-state index is -1.15. The Bertz CT molecular complexity index is 846. The molecule has 2 saturated heterocycles. The van der Waals surface area contributed by atoms with Crippen molar-refractivity contribution >= 4 is 23.3 Å². The van der Waals surface area contributed by atoms with Gasteiger partial charge in [-0.15, -0.1) is 0 Å². The molecule has 2 amide bonds. The number of aliphatic hydroxyl groups is 1. The van der Waals surface area contributed by atoms with Gasteiger partial charge in [-0.1, -0.05) is 12.2 Å². The van der Waals surface area contributed by atoms with Gasteiger partial charge in [0.2, 0.25) is 11.8 Å². The third-order valence-corrected chi connectivity index (χ3v) is 5.31. The van der Waals surface area contributed by atoms with E-state index < -0.39 is 35.4 Å². The molecule has 4 atom stereocenters. The molecule has 0 saturated carbocycles. The van der Waals surface area contributed by atoms with Crippen LogP contribution < -0.4 is 9.64 Å². The van der Waals surface area contributed by atoms with Gasteiger partial charge in [-0.05, 0) is 32.0 Å². The Kier molecular flexibility index (Phi) is 3.75. The van der Waals surface area contributed by atoms with Gasteiger partial charge in [-0.25, -0.2) is 4.90 Å². The average Bonchev–Trinajstić information content (AvgIpc) is 3.27. The number of amides is 2. The van der Waals surface area contributed by atoms with Crippen molar-refractivity contribution in [1.29, 1.82) is 0 Å². The summed E-state index contributed by atoms with van der Waals surface area (Å²) in [7, 11) is 0. The van der Waals surface area contributed by atoms with E-state index in [1.807, 2.05) is 0 Å². The van der Waals surface area contributed by atoms with E-state index in [0.29, 0.717) is 17.9 Å². The zero-order chi connectivity index (χ0) is 18.6. The number of benzene rings is 1. The van der Waals surface area contributed by atoms with E-state index in [4.69, 9.17) is 9.47 Å². The van der Waals surface area contributed by atoms with Crippen LogP contribution in [0.3, 0.4) is 0 Å². The van der Waals surface area contributed by atoms with Gasteiger partial charge in [0.25, 0.3) is 0 Å². The molecule has 7 heteroatoms. The van der Waals surface area contributed by atoms with Gasteiger partial charge in [-0.2, -0.15) is 0 Å². The number of Topliss-reactive ketones (excluding diaryl/α,β-unsaturated/α-hetero) is 1. The summed E-state index contributed by atoms with van der Waals surface area (Å²) in [5.41, 5.74) is -0.507. The Morgan fingerprint density at radius 1 is 1.35 bits per heavy atom. The molecule has 26 heavy (non-hydrogen) atoms. The summed E-state index contributed by atoms with van der Waals surface area (Å²) in [5.74, 6) is -2.10. The fourth-order valence-corrected chi connectivity index (χ4v) is 4.11. The highest BCUT2D eigenvalue weighted by Gasteiger charge is 2.67. The van der Waals surface area contributed by atoms with Crippen molar-refractivity contribution in [3.05, 3.63) is 35.9 Å². The number of imide groups is 1. The van der Waals surface area contributed by atoms with E-state index in [2.05, 4.69) is 0 Å². The van der Waals surface area contributed by atoms with Crippen LogP contribution in [0.2, 0.25) is 0 Å².